The van der Waals surface area contributed by atoms with E-state index in [1.807, 2.05) is 24.3 Å². The van der Waals surface area contributed by atoms with Crippen LogP contribution in [0.4, 0.5) is 5.82 Å². The predicted octanol–water partition coefficient (Wildman–Crippen LogP) is 3.54. The Balaban J connectivity index is 1.58. The molecular weight excluding hydrogens is 319 g/mol. The lowest BCUT2D eigenvalue weighted by molar-refractivity contribution is 0.419. The molecule has 1 aliphatic rings. The Morgan fingerprint density at radius 1 is 1.23 bits per heavy atom. The topological polar surface area (TPSA) is 41.0 Å². The first-order valence-corrected chi connectivity index (χ1v) is 8.17. The van der Waals surface area contributed by atoms with Crippen LogP contribution in [0.1, 0.15) is 18.4 Å². The van der Waals surface area contributed by atoms with E-state index in [1.54, 1.807) is 12.3 Å². The highest BCUT2D eigenvalue weighted by molar-refractivity contribution is 6.34. The van der Waals surface area contributed by atoms with Crippen LogP contribution in [0.2, 0.25) is 10.0 Å². The Labute approximate surface area is 140 Å². The quantitative estimate of drug-likeness (QED) is 0.927. The molecule has 1 aromatic heterocycles. The van der Waals surface area contributed by atoms with Crippen molar-refractivity contribution < 1.29 is 0 Å². The van der Waals surface area contributed by atoms with E-state index in [9.17, 15) is 0 Å². The number of aromatic nitrogens is 2. The van der Waals surface area contributed by atoms with E-state index in [1.165, 1.54) is 0 Å². The van der Waals surface area contributed by atoms with Crippen molar-refractivity contribution >= 4 is 29.0 Å². The van der Waals surface area contributed by atoms with Crippen LogP contribution < -0.4 is 10.2 Å². The van der Waals surface area contributed by atoms with E-state index < -0.39 is 0 Å². The number of anilines is 1. The summed E-state index contributed by atoms with van der Waals surface area (Å²) in [5.74, 6) is 0.944. The molecule has 1 saturated heterocycles. The van der Waals surface area contributed by atoms with Crippen LogP contribution in [-0.2, 0) is 6.54 Å². The van der Waals surface area contributed by atoms with Crippen LogP contribution in [0.3, 0.4) is 0 Å². The summed E-state index contributed by atoms with van der Waals surface area (Å²) in [5, 5.41) is 13.1. The molecule has 0 spiro atoms. The second kappa shape index (κ2) is 7.27. The molecule has 1 fully saturated rings. The number of nitrogens with one attached hydrogen (secondary N) is 1. The van der Waals surface area contributed by atoms with Gasteiger partial charge in [0.1, 0.15) is 0 Å². The van der Waals surface area contributed by atoms with Gasteiger partial charge in [0.2, 0.25) is 0 Å². The lowest BCUT2D eigenvalue weighted by atomic mass is 10.1. The normalized spacial score (nSPS) is 18.5. The van der Waals surface area contributed by atoms with E-state index in [2.05, 4.69) is 20.4 Å². The predicted molar refractivity (Wildman–Crippen MR) is 90.6 cm³/mol. The number of piperidine rings is 1. The third-order valence-electron chi connectivity index (χ3n) is 3.82. The van der Waals surface area contributed by atoms with Crippen LogP contribution in [0.15, 0.2) is 36.5 Å². The van der Waals surface area contributed by atoms with Crippen molar-refractivity contribution in [1.29, 1.82) is 0 Å². The van der Waals surface area contributed by atoms with Crippen LogP contribution >= 0.6 is 23.2 Å². The molecule has 1 aliphatic heterocycles. The van der Waals surface area contributed by atoms with E-state index in [0.717, 1.165) is 43.9 Å². The third kappa shape index (κ3) is 4.09. The van der Waals surface area contributed by atoms with Gasteiger partial charge in [-0.1, -0.05) is 23.2 Å². The molecule has 22 heavy (non-hydrogen) atoms. The molecule has 1 atom stereocenters. The molecule has 0 saturated carbocycles. The molecule has 0 amide bonds. The second-order valence-corrected chi connectivity index (χ2v) is 6.40. The zero-order chi connectivity index (χ0) is 15.4. The van der Waals surface area contributed by atoms with Gasteiger partial charge >= 0.3 is 0 Å². The molecule has 0 bridgehead atoms. The Morgan fingerprint density at radius 3 is 2.77 bits per heavy atom. The first-order chi connectivity index (χ1) is 10.7. The number of halogens is 2. The Bertz CT molecular complexity index is 601. The Morgan fingerprint density at radius 2 is 2.05 bits per heavy atom. The highest BCUT2D eigenvalue weighted by atomic mass is 35.5. The standard InChI is InChI=1S/C16H18Cl2N4/c17-13-7-12(8-14(18)9-13)10-19-15-3-2-6-22(11-15)16-4-1-5-20-21-16/h1,4-5,7-9,15,19H,2-3,6,10-11H2. The van der Waals surface area contributed by atoms with Gasteiger partial charge < -0.3 is 10.2 Å². The molecule has 4 nitrogen and oxygen atoms in total. The molecule has 2 aromatic rings. The first kappa shape index (κ1) is 15.5. The molecular formula is C16H18Cl2N4. The van der Waals surface area contributed by atoms with E-state index in [4.69, 9.17) is 23.2 Å². The van der Waals surface area contributed by atoms with Crippen molar-refractivity contribution in [3.63, 3.8) is 0 Å². The molecule has 2 heterocycles. The maximum atomic E-state index is 6.04. The maximum absolute atomic E-state index is 6.04. The minimum atomic E-state index is 0.425. The average molecular weight is 337 g/mol. The van der Waals surface area contributed by atoms with Crippen molar-refractivity contribution in [1.82, 2.24) is 15.5 Å². The largest absolute Gasteiger partial charge is 0.354 e. The highest BCUT2D eigenvalue weighted by Gasteiger charge is 2.20. The molecule has 0 radical (unpaired) electrons. The van der Waals surface area contributed by atoms with Crippen LogP contribution in [0.5, 0.6) is 0 Å². The van der Waals surface area contributed by atoms with Crippen molar-refractivity contribution in [3.05, 3.63) is 52.1 Å². The van der Waals surface area contributed by atoms with Gasteiger partial charge in [-0.2, -0.15) is 5.10 Å². The summed E-state index contributed by atoms with van der Waals surface area (Å²) in [6.07, 6.45) is 4.00. The van der Waals surface area contributed by atoms with Crippen LogP contribution in [0, 0.1) is 0 Å². The number of rotatable bonds is 4. The Hall–Kier alpha value is -1.36. The van der Waals surface area contributed by atoms with Gasteiger partial charge in [0, 0.05) is 41.9 Å². The van der Waals surface area contributed by atoms with E-state index in [-0.39, 0.29) is 0 Å². The van der Waals surface area contributed by atoms with Gasteiger partial charge in [0.05, 0.1) is 0 Å². The summed E-state index contributed by atoms with van der Waals surface area (Å²) in [7, 11) is 0. The van der Waals surface area contributed by atoms with E-state index >= 15 is 0 Å². The smallest absolute Gasteiger partial charge is 0.151 e. The summed E-state index contributed by atoms with van der Waals surface area (Å²) in [5.41, 5.74) is 1.11. The second-order valence-electron chi connectivity index (χ2n) is 5.53. The maximum Gasteiger partial charge on any atom is 0.151 e. The van der Waals surface area contributed by atoms with Crippen LogP contribution in [-0.4, -0.2) is 29.3 Å². The third-order valence-corrected chi connectivity index (χ3v) is 4.26. The van der Waals surface area contributed by atoms with Gasteiger partial charge in [-0.05, 0) is 48.7 Å². The van der Waals surface area contributed by atoms with Gasteiger partial charge in [0.15, 0.2) is 5.82 Å². The van der Waals surface area contributed by atoms with Crippen molar-refractivity contribution in [2.45, 2.75) is 25.4 Å². The van der Waals surface area contributed by atoms with Gasteiger partial charge in [0.25, 0.3) is 0 Å². The number of nitrogens with zero attached hydrogens (tertiary/aromatic N) is 3. The fourth-order valence-electron chi connectivity index (χ4n) is 2.79. The fourth-order valence-corrected chi connectivity index (χ4v) is 3.36. The molecule has 1 aromatic carbocycles. The SMILES string of the molecule is Clc1cc(Cl)cc(CNC2CCCN(c3cccnn3)C2)c1. The van der Waals surface area contributed by atoms with Gasteiger partial charge in [-0.3, -0.25) is 0 Å². The summed E-state index contributed by atoms with van der Waals surface area (Å²) in [6, 6.07) is 10.0. The summed E-state index contributed by atoms with van der Waals surface area (Å²) in [6.45, 7) is 2.73. The zero-order valence-corrected chi connectivity index (χ0v) is 13.7. The van der Waals surface area contributed by atoms with Gasteiger partial charge in [-0.15, -0.1) is 5.10 Å². The minimum Gasteiger partial charge on any atom is -0.354 e. The molecule has 116 valence electrons. The summed E-state index contributed by atoms with van der Waals surface area (Å²) >= 11 is 12.1. The Kier molecular flexibility index (Phi) is 5.13. The number of hydrogen-bond donors (Lipinski definition) is 1. The molecule has 1 unspecified atom stereocenters. The molecule has 3 rings (SSSR count). The first-order valence-electron chi connectivity index (χ1n) is 7.42. The minimum absolute atomic E-state index is 0.425. The van der Waals surface area contributed by atoms with Crippen molar-refractivity contribution in [2.75, 3.05) is 18.0 Å². The van der Waals surface area contributed by atoms with Crippen LogP contribution in [0.25, 0.3) is 0 Å². The monoisotopic (exact) mass is 336 g/mol. The molecule has 6 heteroatoms. The van der Waals surface area contributed by atoms with Crippen molar-refractivity contribution in [2.24, 2.45) is 0 Å². The average Bonchev–Trinajstić information content (AvgIpc) is 2.53. The summed E-state index contributed by atoms with van der Waals surface area (Å²) < 4.78 is 0. The highest BCUT2D eigenvalue weighted by Crippen LogP contribution is 2.20. The fraction of sp³-hybridized carbons (Fsp3) is 0.375. The summed E-state index contributed by atoms with van der Waals surface area (Å²) in [4.78, 5) is 2.28. The molecule has 1 N–H and O–H groups in total. The van der Waals surface area contributed by atoms with E-state index in [0.29, 0.717) is 16.1 Å². The number of hydrogen-bond acceptors (Lipinski definition) is 4. The lowest BCUT2D eigenvalue weighted by Crippen LogP contribution is -2.45. The molecule has 0 aliphatic carbocycles. The zero-order valence-electron chi connectivity index (χ0n) is 12.2. The number of benzene rings is 1. The van der Waals surface area contributed by atoms with Gasteiger partial charge in [-0.25, -0.2) is 0 Å². The lowest BCUT2D eigenvalue weighted by Gasteiger charge is -2.33. The van der Waals surface area contributed by atoms with Crippen molar-refractivity contribution in [3.8, 4) is 0 Å².